The van der Waals surface area contributed by atoms with E-state index >= 15 is 0 Å². The Morgan fingerprint density at radius 2 is 0.838 bits per heavy atom. The molecule has 3 heterocycles. The molecule has 0 spiro atoms. The zero-order chi connectivity index (χ0) is 27.9. The second-order valence-corrected chi connectivity index (χ2v) is 8.45. The largest absolute Gasteiger partial charge is 0.479 e. The smallest absolute Gasteiger partial charge is 0.335 e. The van der Waals surface area contributed by atoms with Crippen LogP contribution in [0.25, 0.3) is 0 Å². The average Bonchev–Trinajstić information content (AvgIpc) is 2.82. The van der Waals surface area contributed by atoms with Crippen LogP contribution in [0.3, 0.4) is 0 Å². The van der Waals surface area contributed by atoms with E-state index in [4.69, 9.17) is 24.1 Å². The van der Waals surface area contributed by atoms with Crippen LogP contribution in [0.15, 0.2) is 0 Å². The van der Waals surface area contributed by atoms with Gasteiger partial charge in [0.05, 0.1) is 0 Å². The number of ether oxygens (including phenoxy) is 5. The summed E-state index contributed by atoms with van der Waals surface area (Å²) in [6.07, 6.45) is -32.5. The molecule has 3 aliphatic rings. The van der Waals surface area contributed by atoms with Gasteiger partial charge in [0.25, 0.3) is 0 Å². The van der Waals surface area contributed by atoms with Crippen molar-refractivity contribution in [1.29, 1.82) is 0 Å². The standard InChI is InChI=1S/C18H26O19/c19-1-2(20)10(13(26)27)36-17(6(1)24)35-9-4(22)7(25)18(37-12(9)15(30)31)34-8-3(21)5(23)16(32)33-11(8)14(28)29/h1-12,16-25,32H,(H,26,27)(H,28,29)(H,30,31)/t1?,2-,3?,4+,5?,6?,7?,8-,9-,10+,11+,12?,16+,17+,18+/m0/s1. The summed E-state index contributed by atoms with van der Waals surface area (Å²) in [6.45, 7) is 0. The zero-order valence-electron chi connectivity index (χ0n) is 18.3. The van der Waals surface area contributed by atoms with Crippen molar-refractivity contribution in [3.63, 3.8) is 0 Å². The molecule has 19 nitrogen and oxygen atoms in total. The summed E-state index contributed by atoms with van der Waals surface area (Å²) < 4.78 is 24.8. The molecular formula is C18H26O19. The highest BCUT2D eigenvalue weighted by molar-refractivity contribution is 5.74. The minimum Gasteiger partial charge on any atom is -0.479 e. The molecule has 0 aromatic heterocycles. The lowest BCUT2D eigenvalue weighted by molar-refractivity contribution is -0.368. The number of carbonyl (C=O) groups is 3. The van der Waals surface area contributed by atoms with Crippen molar-refractivity contribution < 1.29 is 94.2 Å². The summed E-state index contributed by atoms with van der Waals surface area (Å²) in [5.74, 6) is -5.46. The second-order valence-electron chi connectivity index (χ2n) is 8.45. The first kappa shape index (κ1) is 29.4. The monoisotopic (exact) mass is 546 g/mol. The van der Waals surface area contributed by atoms with Crippen LogP contribution < -0.4 is 0 Å². The fourth-order valence-corrected chi connectivity index (χ4v) is 3.98. The van der Waals surface area contributed by atoms with Gasteiger partial charge in [0.2, 0.25) is 0 Å². The molecule has 3 saturated heterocycles. The van der Waals surface area contributed by atoms with Gasteiger partial charge in [-0.15, -0.1) is 0 Å². The molecule has 11 N–H and O–H groups in total. The van der Waals surface area contributed by atoms with E-state index in [1.165, 1.54) is 0 Å². The summed E-state index contributed by atoms with van der Waals surface area (Å²) in [5.41, 5.74) is 0. The number of carboxylic acids is 3. The summed E-state index contributed by atoms with van der Waals surface area (Å²) in [7, 11) is 0. The third-order valence-corrected chi connectivity index (χ3v) is 5.99. The summed E-state index contributed by atoms with van der Waals surface area (Å²) in [4.78, 5) is 34.5. The van der Waals surface area contributed by atoms with E-state index in [-0.39, 0.29) is 0 Å². The lowest BCUT2D eigenvalue weighted by Crippen LogP contribution is -2.67. The first-order valence-electron chi connectivity index (χ1n) is 10.6. The SMILES string of the molecule is O=C(O)C1O[C@@H](O[C@H]2C(O)C(O)[C@H](O)O[C@H]2C(=O)O)C(O)[C@@H](O)[C@@H]1O[C@@H]1O[C@@H](C(=O)O)[C@@H](O)C(O)C1O. The average molecular weight is 546 g/mol. The van der Waals surface area contributed by atoms with E-state index < -0.39 is 110 Å². The predicted octanol–water partition coefficient (Wildman–Crippen LogP) is -7.30. The van der Waals surface area contributed by atoms with Crippen LogP contribution in [-0.4, -0.2) is 166 Å². The molecule has 19 heteroatoms. The molecule has 0 radical (unpaired) electrons. The van der Waals surface area contributed by atoms with Crippen LogP contribution in [-0.2, 0) is 38.1 Å². The minimum atomic E-state index is -2.29. The van der Waals surface area contributed by atoms with Crippen molar-refractivity contribution in [2.24, 2.45) is 0 Å². The van der Waals surface area contributed by atoms with E-state index in [1.54, 1.807) is 0 Å². The third-order valence-electron chi connectivity index (χ3n) is 5.99. The highest BCUT2D eigenvalue weighted by atomic mass is 16.8. The maximum Gasteiger partial charge on any atom is 0.335 e. The van der Waals surface area contributed by atoms with Gasteiger partial charge in [0, 0.05) is 0 Å². The van der Waals surface area contributed by atoms with Crippen molar-refractivity contribution in [3.8, 4) is 0 Å². The molecule has 0 bridgehead atoms. The second kappa shape index (κ2) is 11.3. The third kappa shape index (κ3) is 5.68. The summed E-state index contributed by atoms with van der Waals surface area (Å²) in [6, 6.07) is 0. The minimum absolute atomic E-state index is 1.79. The molecule has 3 aliphatic heterocycles. The van der Waals surface area contributed by atoms with Crippen molar-refractivity contribution in [2.75, 3.05) is 0 Å². The Balaban J connectivity index is 1.81. The number of aliphatic hydroxyl groups is 8. The van der Waals surface area contributed by atoms with Crippen molar-refractivity contribution >= 4 is 17.9 Å². The lowest BCUT2D eigenvalue weighted by Gasteiger charge is -2.46. The number of aliphatic hydroxyl groups excluding tert-OH is 8. The van der Waals surface area contributed by atoms with Gasteiger partial charge in [0.15, 0.2) is 37.2 Å². The van der Waals surface area contributed by atoms with Gasteiger partial charge in [-0.25, -0.2) is 14.4 Å². The number of carboxylic acid groups (broad SMARTS) is 3. The number of aliphatic carboxylic acids is 3. The van der Waals surface area contributed by atoms with Gasteiger partial charge >= 0.3 is 17.9 Å². The first-order valence-corrected chi connectivity index (χ1v) is 10.6. The number of rotatable bonds is 7. The van der Waals surface area contributed by atoms with Crippen LogP contribution >= 0.6 is 0 Å². The van der Waals surface area contributed by atoms with E-state index in [2.05, 4.69) is 4.74 Å². The van der Waals surface area contributed by atoms with E-state index in [0.717, 1.165) is 0 Å². The number of hydrogen-bond donors (Lipinski definition) is 11. The van der Waals surface area contributed by atoms with E-state index in [1.807, 2.05) is 0 Å². The predicted molar refractivity (Wildman–Crippen MR) is 103 cm³/mol. The van der Waals surface area contributed by atoms with Gasteiger partial charge in [-0.05, 0) is 0 Å². The van der Waals surface area contributed by atoms with Crippen molar-refractivity contribution in [3.05, 3.63) is 0 Å². The fourth-order valence-electron chi connectivity index (χ4n) is 3.98. The van der Waals surface area contributed by atoms with Crippen LogP contribution in [0.5, 0.6) is 0 Å². The number of hydrogen-bond acceptors (Lipinski definition) is 16. The highest BCUT2D eigenvalue weighted by Gasteiger charge is 2.56. The van der Waals surface area contributed by atoms with Gasteiger partial charge in [0.1, 0.15) is 54.9 Å². The Kier molecular flexibility index (Phi) is 9.01. The van der Waals surface area contributed by atoms with Crippen LogP contribution in [0, 0.1) is 0 Å². The summed E-state index contributed by atoms with van der Waals surface area (Å²) >= 11 is 0. The van der Waals surface area contributed by atoms with E-state index in [0.29, 0.717) is 0 Å². The maximum absolute atomic E-state index is 11.8. The Hall–Kier alpha value is -2.11. The molecule has 3 fully saturated rings. The molecule has 0 amide bonds. The molecular weight excluding hydrogens is 520 g/mol. The first-order chi connectivity index (χ1) is 17.2. The Bertz CT molecular complexity index is 853. The lowest BCUT2D eigenvalue weighted by atomic mass is 9.95. The van der Waals surface area contributed by atoms with Crippen LogP contribution in [0.1, 0.15) is 0 Å². The van der Waals surface area contributed by atoms with Crippen molar-refractivity contribution in [2.45, 2.75) is 92.1 Å². The molecule has 6 unspecified atom stereocenters. The molecule has 3 rings (SSSR count). The topological polar surface area (TPSA) is 320 Å². The molecule has 0 saturated carbocycles. The molecule has 0 aromatic carbocycles. The molecule has 212 valence electrons. The Morgan fingerprint density at radius 1 is 0.459 bits per heavy atom. The maximum atomic E-state index is 11.8. The molecule has 0 aliphatic carbocycles. The summed E-state index contributed by atoms with van der Waals surface area (Å²) in [5, 5.41) is 108. The normalized spacial score (nSPS) is 48.8. The zero-order valence-corrected chi connectivity index (χ0v) is 18.3. The molecule has 15 atom stereocenters. The van der Waals surface area contributed by atoms with Gasteiger partial charge in [-0.3, -0.25) is 0 Å². The highest BCUT2D eigenvalue weighted by Crippen LogP contribution is 2.32. The Labute approximate surface area is 205 Å². The molecule has 0 aromatic rings. The van der Waals surface area contributed by atoms with Gasteiger partial charge in [-0.2, -0.15) is 0 Å². The van der Waals surface area contributed by atoms with Crippen LogP contribution in [0.4, 0.5) is 0 Å². The van der Waals surface area contributed by atoms with E-state index in [9.17, 15) is 65.4 Å². The quantitative estimate of drug-likeness (QED) is 0.141. The van der Waals surface area contributed by atoms with Crippen LogP contribution in [0.2, 0.25) is 0 Å². The Morgan fingerprint density at radius 3 is 1.30 bits per heavy atom. The fraction of sp³-hybridized carbons (Fsp3) is 0.833. The van der Waals surface area contributed by atoms with Crippen molar-refractivity contribution in [1.82, 2.24) is 0 Å². The van der Waals surface area contributed by atoms with Gasteiger partial charge in [-0.1, -0.05) is 0 Å². The van der Waals surface area contributed by atoms with Gasteiger partial charge < -0.3 is 79.9 Å². The molecule has 37 heavy (non-hydrogen) atoms.